The van der Waals surface area contributed by atoms with Crippen molar-refractivity contribution in [1.82, 2.24) is 0 Å². The van der Waals surface area contributed by atoms with E-state index in [0.29, 0.717) is 12.0 Å². The molecular weight excluding hydrogens is 468 g/mol. The Bertz CT molecular complexity index is 960. The van der Waals surface area contributed by atoms with Crippen LogP contribution in [0.2, 0.25) is 0 Å². The second-order valence-corrected chi connectivity index (χ2v) is 9.71. The van der Waals surface area contributed by atoms with E-state index in [-0.39, 0.29) is 5.90 Å². The predicted molar refractivity (Wildman–Crippen MR) is 123 cm³/mol. The number of unbranched alkanes of at least 4 members (excludes halogenated alkanes) is 6. The van der Waals surface area contributed by atoms with Gasteiger partial charge in [-0.1, -0.05) is 86.9 Å². The monoisotopic (exact) mass is 496 g/mol. The van der Waals surface area contributed by atoms with Gasteiger partial charge >= 0.3 is 0 Å². The number of benzene rings is 1. The third-order valence-corrected chi connectivity index (χ3v) is 7.63. The Morgan fingerprint density at radius 1 is 0.969 bits per heavy atom. The van der Waals surface area contributed by atoms with E-state index in [1.165, 1.54) is 19.3 Å². The molecule has 32 heavy (non-hydrogen) atoms. The van der Waals surface area contributed by atoms with Gasteiger partial charge in [0.15, 0.2) is 10.8 Å². The first kappa shape index (κ1) is 24.2. The van der Waals surface area contributed by atoms with Crippen molar-refractivity contribution in [2.45, 2.75) is 77.1 Å². The number of nitrogens with one attached hydrogen (secondary N) is 1. The van der Waals surface area contributed by atoms with Gasteiger partial charge in [0.1, 0.15) is 0 Å². The van der Waals surface area contributed by atoms with E-state index < -0.39 is 28.6 Å². The number of rotatable bonds is 9. The van der Waals surface area contributed by atoms with Gasteiger partial charge in [0.2, 0.25) is 11.7 Å². The van der Waals surface area contributed by atoms with Crippen molar-refractivity contribution >= 4 is 21.8 Å². The minimum Gasteiger partial charge on any atom is -0.443 e. The van der Waals surface area contributed by atoms with Crippen molar-refractivity contribution in [3.63, 3.8) is 0 Å². The van der Waals surface area contributed by atoms with Gasteiger partial charge in [0.05, 0.1) is 30.2 Å². The summed E-state index contributed by atoms with van der Waals surface area (Å²) in [7, 11) is 0. The van der Waals surface area contributed by atoms with Crippen LogP contribution in [0, 0.1) is 56.2 Å². The summed E-state index contributed by atoms with van der Waals surface area (Å²) in [5.74, 6) is -2.45. The van der Waals surface area contributed by atoms with Crippen LogP contribution < -0.4 is 0 Å². The number of ether oxygens (including phenoxy) is 2. The summed E-state index contributed by atoms with van der Waals surface area (Å²) in [4.78, 5) is 0. The first-order chi connectivity index (χ1) is 15.4. The van der Waals surface area contributed by atoms with Crippen LogP contribution in [0.1, 0.15) is 70.8 Å². The molecule has 2 bridgehead atoms. The Hall–Kier alpha value is -2.40. The topological polar surface area (TPSA) is 114 Å². The summed E-state index contributed by atoms with van der Waals surface area (Å²) in [6.45, 7) is 3.92. The molecule has 0 spiro atoms. The van der Waals surface area contributed by atoms with E-state index in [1.807, 2.05) is 24.3 Å². The lowest BCUT2D eigenvalue weighted by Gasteiger charge is -2.48. The highest BCUT2D eigenvalue weighted by Crippen LogP contribution is 2.66. The number of hydrogen-bond acceptors (Lipinski definition) is 6. The molecule has 0 amide bonds. The molecule has 0 aliphatic carbocycles. The van der Waals surface area contributed by atoms with Gasteiger partial charge < -0.3 is 9.47 Å². The second kappa shape index (κ2) is 9.62. The molecule has 4 atom stereocenters. The van der Waals surface area contributed by atoms with Gasteiger partial charge in [-0.3, -0.25) is 5.41 Å². The fraction of sp³-hybridized carbons (Fsp3) is 0.600. The zero-order valence-electron chi connectivity index (χ0n) is 18.7. The summed E-state index contributed by atoms with van der Waals surface area (Å²) in [6, 6.07) is 13.8. The standard InChI is InChI=1S/C25H29BrN4O2/c1-3-4-5-6-7-8-9-10-21-23(15-27,16-28)24(17-29)18(2)25(31-21,32-22(24)30)19-11-13-20(26)14-12-19/h11-14,18,21,30H,3-10H2,1-2H3. The average Bonchev–Trinajstić information content (AvgIpc) is 2.96. The third-order valence-electron chi connectivity index (χ3n) is 7.10. The molecule has 2 heterocycles. The van der Waals surface area contributed by atoms with Crippen molar-refractivity contribution in [2.75, 3.05) is 0 Å². The molecule has 1 N–H and O–H groups in total. The highest BCUT2D eigenvalue weighted by atomic mass is 79.9. The SMILES string of the molecule is CCCCCCCCCC1OC2(c3ccc(Br)cc3)OC(=N)C(C#N)(C2C)C1(C#N)C#N. The summed E-state index contributed by atoms with van der Waals surface area (Å²) in [5.41, 5.74) is -2.84. The summed E-state index contributed by atoms with van der Waals surface area (Å²) in [5, 5.41) is 39.3. The molecule has 2 saturated heterocycles. The van der Waals surface area contributed by atoms with Crippen molar-refractivity contribution < 1.29 is 9.47 Å². The molecule has 0 saturated carbocycles. The van der Waals surface area contributed by atoms with Crippen LogP contribution in [0.25, 0.3) is 0 Å². The van der Waals surface area contributed by atoms with E-state index >= 15 is 0 Å². The van der Waals surface area contributed by atoms with Crippen LogP contribution in [0.5, 0.6) is 0 Å². The van der Waals surface area contributed by atoms with Crippen LogP contribution in [0.4, 0.5) is 0 Å². The first-order valence-corrected chi connectivity index (χ1v) is 12.1. The molecule has 3 rings (SSSR count). The van der Waals surface area contributed by atoms with E-state index in [1.54, 1.807) is 6.92 Å². The number of fused-ring (bicyclic) bond motifs is 2. The summed E-state index contributed by atoms with van der Waals surface area (Å²) < 4.78 is 13.3. The van der Waals surface area contributed by atoms with Gasteiger partial charge in [-0.25, -0.2) is 0 Å². The minimum absolute atomic E-state index is 0.361. The van der Waals surface area contributed by atoms with Gasteiger partial charge in [0, 0.05) is 10.0 Å². The lowest BCUT2D eigenvalue weighted by atomic mass is 9.53. The summed E-state index contributed by atoms with van der Waals surface area (Å²) in [6.07, 6.45) is 7.26. The zero-order valence-corrected chi connectivity index (χ0v) is 20.2. The maximum atomic E-state index is 10.3. The van der Waals surface area contributed by atoms with E-state index in [4.69, 9.17) is 14.9 Å². The van der Waals surface area contributed by atoms with E-state index in [0.717, 1.165) is 30.2 Å². The smallest absolute Gasteiger partial charge is 0.243 e. The van der Waals surface area contributed by atoms with Crippen LogP contribution in [0.15, 0.2) is 28.7 Å². The average molecular weight is 497 g/mol. The Kier molecular flexibility index (Phi) is 7.29. The fourth-order valence-electron chi connectivity index (χ4n) is 5.21. The number of nitrogens with zero attached hydrogens (tertiary/aromatic N) is 3. The van der Waals surface area contributed by atoms with Crippen molar-refractivity contribution in [2.24, 2.45) is 16.7 Å². The van der Waals surface area contributed by atoms with Crippen molar-refractivity contribution in [1.29, 1.82) is 21.2 Å². The molecule has 2 fully saturated rings. The lowest BCUT2D eigenvalue weighted by Crippen LogP contribution is -2.60. The van der Waals surface area contributed by atoms with Gasteiger partial charge in [-0.05, 0) is 18.6 Å². The molecule has 0 aromatic heterocycles. The zero-order chi connectivity index (χ0) is 23.4. The Morgan fingerprint density at radius 2 is 1.56 bits per heavy atom. The molecular formula is C25H29BrN4O2. The van der Waals surface area contributed by atoms with Crippen molar-refractivity contribution in [3.8, 4) is 18.2 Å². The summed E-state index contributed by atoms with van der Waals surface area (Å²) >= 11 is 3.43. The normalized spacial score (nSPS) is 30.1. The molecule has 4 unspecified atom stereocenters. The van der Waals surface area contributed by atoms with Gasteiger partial charge in [0.25, 0.3) is 0 Å². The lowest BCUT2D eigenvalue weighted by molar-refractivity contribution is -0.286. The van der Waals surface area contributed by atoms with Crippen LogP contribution >= 0.6 is 15.9 Å². The number of nitriles is 3. The molecule has 2 aliphatic rings. The quantitative estimate of drug-likeness (QED) is 0.401. The van der Waals surface area contributed by atoms with E-state index in [9.17, 15) is 15.8 Å². The molecule has 7 heteroatoms. The molecule has 168 valence electrons. The first-order valence-electron chi connectivity index (χ1n) is 11.3. The molecule has 2 aliphatic heterocycles. The Labute approximate surface area is 198 Å². The van der Waals surface area contributed by atoms with Gasteiger partial charge in [-0.2, -0.15) is 15.8 Å². The van der Waals surface area contributed by atoms with Crippen LogP contribution in [-0.2, 0) is 15.3 Å². The highest BCUT2D eigenvalue weighted by Gasteiger charge is 2.79. The van der Waals surface area contributed by atoms with Crippen LogP contribution in [0.3, 0.4) is 0 Å². The van der Waals surface area contributed by atoms with E-state index in [2.05, 4.69) is 41.1 Å². The largest absolute Gasteiger partial charge is 0.443 e. The predicted octanol–water partition coefficient (Wildman–Crippen LogP) is 6.33. The molecule has 6 nitrogen and oxygen atoms in total. The minimum atomic E-state index is -1.81. The Balaban J connectivity index is 1.95. The molecule has 0 radical (unpaired) electrons. The number of hydrogen-bond donors (Lipinski definition) is 1. The second-order valence-electron chi connectivity index (χ2n) is 8.80. The maximum Gasteiger partial charge on any atom is 0.243 e. The number of halogens is 1. The van der Waals surface area contributed by atoms with Gasteiger partial charge in [-0.15, -0.1) is 0 Å². The third kappa shape index (κ3) is 3.51. The molecule has 1 aromatic carbocycles. The Morgan fingerprint density at radius 3 is 2.12 bits per heavy atom. The molecule has 1 aromatic rings. The highest BCUT2D eigenvalue weighted by molar-refractivity contribution is 9.10. The van der Waals surface area contributed by atoms with Crippen molar-refractivity contribution in [3.05, 3.63) is 34.3 Å². The maximum absolute atomic E-state index is 10.3. The fourth-order valence-corrected chi connectivity index (χ4v) is 5.47. The van der Waals surface area contributed by atoms with Crippen LogP contribution in [-0.4, -0.2) is 12.0 Å².